The molecule has 0 amide bonds. The van der Waals surface area contributed by atoms with Crippen LogP contribution in [0, 0.1) is 0 Å². The molecule has 6 nitrogen and oxygen atoms in total. The van der Waals surface area contributed by atoms with Crippen molar-refractivity contribution in [2.24, 2.45) is 5.10 Å². The largest absolute Gasteiger partial charge is 0.493 e. The Bertz CT molecular complexity index is 941. The summed E-state index contributed by atoms with van der Waals surface area (Å²) in [5.74, 6) is 1.74. The average molecular weight is 476 g/mol. The first kappa shape index (κ1) is 25.5. The molecule has 0 saturated carbocycles. The molecule has 0 aliphatic carbocycles. The van der Waals surface area contributed by atoms with Gasteiger partial charge >= 0.3 is 0 Å². The second-order valence-electron chi connectivity index (χ2n) is 7.87. The molecule has 0 heterocycles. The quantitative estimate of drug-likeness (QED) is 0.164. The molecule has 0 unspecified atom stereocenters. The van der Waals surface area contributed by atoms with Crippen LogP contribution in [0.4, 0.5) is 0 Å². The van der Waals surface area contributed by atoms with Gasteiger partial charge in [-0.25, -0.2) is 0 Å². The Balaban J connectivity index is 1.91. The van der Waals surface area contributed by atoms with Crippen molar-refractivity contribution < 1.29 is 14.2 Å². The van der Waals surface area contributed by atoms with Crippen molar-refractivity contribution in [1.82, 2.24) is 10.7 Å². The van der Waals surface area contributed by atoms with Crippen LogP contribution in [0.5, 0.6) is 17.2 Å². The molecular weight excluding hydrogens is 446 g/mol. The van der Waals surface area contributed by atoms with Gasteiger partial charge in [-0.1, -0.05) is 50.6 Å². The van der Waals surface area contributed by atoms with Crippen molar-refractivity contribution in [1.29, 1.82) is 0 Å². The highest BCUT2D eigenvalue weighted by Crippen LogP contribution is 2.36. The van der Waals surface area contributed by atoms with Crippen LogP contribution in [-0.4, -0.2) is 38.2 Å². The number of hydrogen-bond donors (Lipinski definition) is 2. The van der Waals surface area contributed by atoms with Gasteiger partial charge in [-0.2, -0.15) is 5.10 Å². The van der Waals surface area contributed by atoms with Gasteiger partial charge in [-0.3, -0.25) is 5.43 Å². The van der Waals surface area contributed by atoms with Crippen molar-refractivity contribution in [3.63, 3.8) is 0 Å². The number of rotatable bonds is 10. The third kappa shape index (κ3) is 8.05. The lowest BCUT2D eigenvalue weighted by Gasteiger charge is -2.19. The minimum absolute atomic E-state index is 0.107. The summed E-state index contributed by atoms with van der Waals surface area (Å²) < 4.78 is 17.0. The molecule has 172 valence electrons. The summed E-state index contributed by atoms with van der Waals surface area (Å²) in [6, 6.07) is 11.6. The van der Waals surface area contributed by atoms with E-state index in [0.29, 0.717) is 41.4 Å². The van der Waals surface area contributed by atoms with Crippen molar-refractivity contribution in [2.75, 3.05) is 26.9 Å². The van der Waals surface area contributed by atoms with Crippen LogP contribution in [0.1, 0.15) is 31.9 Å². The van der Waals surface area contributed by atoms with Gasteiger partial charge < -0.3 is 19.5 Å². The molecule has 32 heavy (non-hydrogen) atoms. The lowest BCUT2D eigenvalue weighted by Crippen LogP contribution is -2.31. The molecule has 0 aliphatic rings. The van der Waals surface area contributed by atoms with Crippen LogP contribution in [0.25, 0.3) is 0 Å². The van der Waals surface area contributed by atoms with Gasteiger partial charge in [-0.05, 0) is 53.0 Å². The molecule has 0 atom stereocenters. The minimum Gasteiger partial charge on any atom is -0.493 e. The fourth-order valence-electron chi connectivity index (χ4n) is 2.68. The van der Waals surface area contributed by atoms with Crippen molar-refractivity contribution in [2.45, 2.75) is 26.2 Å². The summed E-state index contributed by atoms with van der Waals surface area (Å²) in [5, 5.41) is 7.81. The zero-order valence-electron chi connectivity index (χ0n) is 18.9. The van der Waals surface area contributed by atoms with E-state index in [4.69, 9.17) is 38.0 Å². The van der Waals surface area contributed by atoms with E-state index >= 15 is 0 Å². The average Bonchev–Trinajstić information content (AvgIpc) is 2.75. The molecule has 0 bridgehead atoms. The first-order valence-electron chi connectivity index (χ1n) is 10.2. The summed E-state index contributed by atoms with van der Waals surface area (Å²) in [6.07, 6.45) is 3.29. The summed E-state index contributed by atoms with van der Waals surface area (Å²) >= 11 is 11.5. The lowest BCUT2D eigenvalue weighted by atomic mass is 9.87. The number of hydrazone groups is 1. The first-order chi connectivity index (χ1) is 15.2. The number of benzene rings is 2. The summed E-state index contributed by atoms with van der Waals surface area (Å²) in [7, 11) is 1.55. The maximum absolute atomic E-state index is 6.40. The molecule has 0 saturated heterocycles. The molecule has 2 aromatic carbocycles. The Labute approximate surface area is 200 Å². The zero-order valence-corrected chi connectivity index (χ0v) is 20.5. The number of thiocarbonyl (C=S) groups is 1. The van der Waals surface area contributed by atoms with Gasteiger partial charge in [0.2, 0.25) is 0 Å². The zero-order chi connectivity index (χ0) is 23.6. The van der Waals surface area contributed by atoms with Gasteiger partial charge in [0.1, 0.15) is 19.0 Å². The van der Waals surface area contributed by atoms with E-state index in [-0.39, 0.29) is 5.41 Å². The highest BCUT2D eigenvalue weighted by atomic mass is 35.5. The molecule has 0 aromatic heterocycles. The van der Waals surface area contributed by atoms with Crippen LogP contribution in [-0.2, 0) is 5.41 Å². The number of nitrogens with one attached hydrogen (secondary N) is 2. The fraction of sp³-hybridized carbons (Fsp3) is 0.333. The highest BCUT2D eigenvalue weighted by molar-refractivity contribution is 7.80. The SMILES string of the molecule is C=CCNC(=S)NN=Cc1cc(Cl)c(OCCOc2ccc(C(C)(C)C)cc2)c(OC)c1. The fourth-order valence-corrected chi connectivity index (χ4v) is 3.09. The maximum atomic E-state index is 6.40. The predicted molar refractivity (Wildman–Crippen MR) is 136 cm³/mol. The third-order valence-corrected chi connectivity index (χ3v) is 4.87. The summed E-state index contributed by atoms with van der Waals surface area (Å²) in [5.41, 5.74) is 4.81. The van der Waals surface area contributed by atoms with E-state index in [1.807, 2.05) is 12.1 Å². The van der Waals surface area contributed by atoms with Crippen LogP contribution in [0.15, 0.2) is 54.2 Å². The first-order valence-corrected chi connectivity index (χ1v) is 10.9. The Morgan fingerprint density at radius 3 is 2.47 bits per heavy atom. The van der Waals surface area contributed by atoms with Crippen LogP contribution in [0.2, 0.25) is 5.02 Å². The van der Waals surface area contributed by atoms with E-state index in [1.165, 1.54) is 5.56 Å². The molecule has 2 N–H and O–H groups in total. The molecule has 2 aromatic rings. The number of methoxy groups -OCH3 is 1. The molecule has 0 radical (unpaired) electrons. The molecular formula is C24H30ClN3O3S. The summed E-state index contributed by atoms with van der Waals surface area (Å²) in [4.78, 5) is 0. The molecule has 2 rings (SSSR count). The Morgan fingerprint density at radius 1 is 1.16 bits per heavy atom. The smallest absolute Gasteiger partial charge is 0.187 e. The standard InChI is InChI=1S/C24H30ClN3O3S/c1-6-11-26-23(32)28-27-16-17-14-20(25)22(21(15-17)29-5)31-13-12-30-19-9-7-18(8-10-19)24(2,3)4/h6-10,14-16H,1,11-13H2,2-5H3,(H2,26,28,32). The number of hydrogen-bond acceptors (Lipinski definition) is 5. The highest BCUT2D eigenvalue weighted by Gasteiger charge is 2.14. The van der Waals surface area contributed by atoms with Gasteiger partial charge in [0.15, 0.2) is 16.6 Å². The summed E-state index contributed by atoms with van der Waals surface area (Å²) in [6.45, 7) is 11.4. The van der Waals surface area contributed by atoms with Crippen molar-refractivity contribution in [3.05, 3.63) is 65.2 Å². The predicted octanol–water partition coefficient (Wildman–Crippen LogP) is 5.09. The second-order valence-corrected chi connectivity index (χ2v) is 8.69. The number of ether oxygens (including phenoxy) is 3. The molecule has 0 aliphatic heterocycles. The Kier molecular flexibility index (Phi) is 9.81. The molecule has 0 spiro atoms. The van der Waals surface area contributed by atoms with E-state index in [0.717, 1.165) is 11.3 Å². The van der Waals surface area contributed by atoms with E-state index in [2.05, 4.69) is 55.3 Å². The van der Waals surface area contributed by atoms with Crippen molar-refractivity contribution in [3.8, 4) is 17.2 Å². The topological polar surface area (TPSA) is 64.1 Å². The Hall–Kier alpha value is -2.77. The lowest BCUT2D eigenvalue weighted by molar-refractivity contribution is 0.211. The van der Waals surface area contributed by atoms with Gasteiger partial charge in [-0.15, -0.1) is 6.58 Å². The number of nitrogens with zero attached hydrogens (tertiary/aromatic N) is 1. The second kappa shape index (κ2) is 12.3. The van der Waals surface area contributed by atoms with E-state index in [9.17, 15) is 0 Å². The monoisotopic (exact) mass is 475 g/mol. The normalized spacial score (nSPS) is 11.2. The van der Waals surface area contributed by atoms with Gasteiger partial charge in [0.25, 0.3) is 0 Å². The van der Waals surface area contributed by atoms with Gasteiger partial charge in [0.05, 0.1) is 18.3 Å². The Morgan fingerprint density at radius 2 is 1.84 bits per heavy atom. The van der Waals surface area contributed by atoms with Gasteiger partial charge in [0, 0.05) is 6.54 Å². The molecule has 8 heteroatoms. The van der Waals surface area contributed by atoms with E-state index < -0.39 is 0 Å². The van der Waals surface area contributed by atoms with Crippen LogP contribution >= 0.6 is 23.8 Å². The maximum Gasteiger partial charge on any atom is 0.187 e. The number of halogens is 1. The third-order valence-electron chi connectivity index (χ3n) is 4.36. The molecule has 0 fully saturated rings. The van der Waals surface area contributed by atoms with Crippen molar-refractivity contribution >= 4 is 35.1 Å². The van der Waals surface area contributed by atoms with Crippen LogP contribution < -0.4 is 25.0 Å². The van der Waals surface area contributed by atoms with Crippen LogP contribution in [0.3, 0.4) is 0 Å². The minimum atomic E-state index is 0.107. The van der Waals surface area contributed by atoms with E-state index in [1.54, 1.807) is 31.5 Å².